The molecule has 2 fully saturated rings. The van der Waals surface area contributed by atoms with Crippen molar-refractivity contribution in [3.63, 3.8) is 0 Å². The zero-order valence-corrected chi connectivity index (χ0v) is 12.5. The maximum atomic E-state index is 3.70. The van der Waals surface area contributed by atoms with Crippen LogP contribution in [0.3, 0.4) is 0 Å². The molecule has 1 heterocycles. The largest absolute Gasteiger partial charge is 0.313 e. The van der Waals surface area contributed by atoms with Gasteiger partial charge in [-0.1, -0.05) is 6.92 Å². The van der Waals surface area contributed by atoms with E-state index in [1.807, 2.05) is 0 Å². The van der Waals surface area contributed by atoms with Crippen LogP contribution in [0.5, 0.6) is 0 Å². The van der Waals surface area contributed by atoms with Gasteiger partial charge in [0, 0.05) is 24.7 Å². The highest BCUT2D eigenvalue weighted by molar-refractivity contribution is 4.99. The van der Waals surface area contributed by atoms with Gasteiger partial charge in [-0.25, -0.2) is 0 Å². The molecule has 1 atom stereocenters. The summed E-state index contributed by atoms with van der Waals surface area (Å²) < 4.78 is 0. The number of likely N-dealkylation sites (N-methyl/N-ethyl adjacent to an activating group) is 1. The zero-order valence-electron chi connectivity index (χ0n) is 12.5. The highest BCUT2D eigenvalue weighted by Crippen LogP contribution is 2.37. The SMILES string of the molecule is CCCNC1CCCN(CC2(N(C)C)CCC2)C1. The first-order chi connectivity index (χ1) is 8.66. The summed E-state index contributed by atoms with van der Waals surface area (Å²) in [6.07, 6.45) is 8.19. The molecule has 0 radical (unpaired) electrons. The van der Waals surface area contributed by atoms with Crippen molar-refractivity contribution in [2.75, 3.05) is 40.3 Å². The Balaban J connectivity index is 1.81. The van der Waals surface area contributed by atoms with Crippen molar-refractivity contribution in [3.05, 3.63) is 0 Å². The third-order valence-electron chi connectivity index (χ3n) is 4.94. The Bertz CT molecular complexity index is 248. The molecule has 106 valence electrons. The van der Waals surface area contributed by atoms with Crippen LogP contribution in [0.2, 0.25) is 0 Å². The Hall–Kier alpha value is -0.120. The van der Waals surface area contributed by atoms with Crippen molar-refractivity contribution in [1.29, 1.82) is 0 Å². The predicted molar refractivity (Wildman–Crippen MR) is 78.0 cm³/mol. The molecule has 1 unspecified atom stereocenters. The van der Waals surface area contributed by atoms with Crippen LogP contribution >= 0.6 is 0 Å². The van der Waals surface area contributed by atoms with Gasteiger partial charge in [0.2, 0.25) is 0 Å². The van der Waals surface area contributed by atoms with Gasteiger partial charge < -0.3 is 10.2 Å². The summed E-state index contributed by atoms with van der Waals surface area (Å²) in [4.78, 5) is 5.18. The second-order valence-electron chi connectivity index (χ2n) is 6.50. The van der Waals surface area contributed by atoms with E-state index in [2.05, 4.69) is 36.1 Å². The minimum absolute atomic E-state index is 0.493. The molecule has 0 aromatic heterocycles. The van der Waals surface area contributed by atoms with Crippen LogP contribution in [-0.2, 0) is 0 Å². The van der Waals surface area contributed by atoms with Gasteiger partial charge in [-0.2, -0.15) is 0 Å². The van der Waals surface area contributed by atoms with Gasteiger partial charge in [0.25, 0.3) is 0 Å². The highest BCUT2D eigenvalue weighted by atomic mass is 15.2. The molecule has 0 aromatic rings. The van der Waals surface area contributed by atoms with Crippen molar-refractivity contribution in [3.8, 4) is 0 Å². The van der Waals surface area contributed by atoms with E-state index in [0.29, 0.717) is 5.54 Å². The highest BCUT2D eigenvalue weighted by Gasteiger charge is 2.40. The maximum Gasteiger partial charge on any atom is 0.0330 e. The number of nitrogens with one attached hydrogen (secondary N) is 1. The van der Waals surface area contributed by atoms with E-state index in [0.717, 1.165) is 6.04 Å². The molecule has 3 nitrogen and oxygen atoms in total. The van der Waals surface area contributed by atoms with E-state index < -0.39 is 0 Å². The minimum Gasteiger partial charge on any atom is -0.313 e. The Morgan fingerprint density at radius 3 is 2.61 bits per heavy atom. The fourth-order valence-electron chi connectivity index (χ4n) is 3.46. The van der Waals surface area contributed by atoms with E-state index in [1.165, 1.54) is 64.7 Å². The van der Waals surface area contributed by atoms with Crippen molar-refractivity contribution in [2.24, 2.45) is 0 Å². The molecule has 2 aliphatic rings. The lowest BCUT2D eigenvalue weighted by molar-refractivity contribution is 0.0112. The average molecular weight is 253 g/mol. The van der Waals surface area contributed by atoms with Crippen LogP contribution < -0.4 is 5.32 Å². The summed E-state index contributed by atoms with van der Waals surface area (Å²) in [7, 11) is 4.52. The Morgan fingerprint density at radius 2 is 2.06 bits per heavy atom. The van der Waals surface area contributed by atoms with Crippen LogP contribution in [-0.4, -0.2) is 61.7 Å². The number of hydrogen-bond donors (Lipinski definition) is 1. The fraction of sp³-hybridized carbons (Fsp3) is 1.00. The topological polar surface area (TPSA) is 18.5 Å². The van der Waals surface area contributed by atoms with Crippen molar-refractivity contribution < 1.29 is 0 Å². The molecule has 0 bridgehead atoms. The number of nitrogens with zero attached hydrogens (tertiary/aromatic N) is 2. The molecule has 1 aliphatic heterocycles. The lowest BCUT2D eigenvalue weighted by Gasteiger charge is -2.51. The first kappa shape index (κ1) is 14.3. The molecular weight excluding hydrogens is 222 g/mol. The minimum atomic E-state index is 0.493. The van der Waals surface area contributed by atoms with E-state index in [4.69, 9.17) is 0 Å². The van der Waals surface area contributed by atoms with Crippen LogP contribution in [0.4, 0.5) is 0 Å². The molecule has 18 heavy (non-hydrogen) atoms. The lowest BCUT2D eigenvalue weighted by atomic mass is 9.75. The number of rotatable bonds is 6. The Kier molecular flexibility index (Phi) is 5.05. The van der Waals surface area contributed by atoms with Gasteiger partial charge in [0.1, 0.15) is 0 Å². The van der Waals surface area contributed by atoms with Gasteiger partial charge in [0.15, 0.2) is 0 Å². The van der Waals surface area contributed by atoms with Gasteiger partial charge in [-0.3, -0.25) is 4.90 Å². The monoisotopic (exact) mass is 253 g/mol. The third kappa shape index (κ3) is 3.25. The summed E-state index contributed by atoms with van der Waals surface area (Å²) in [6.45, 7) is 7.28. The summed E-state index contributed by atoms with van der Waals surface area (Å²) in [5, 5.41) is 3.70. The van der Waals surface area contributed by atoms with Gasteiger partial charge in [0.05, 0.1) is 0 Å². The van der Waals surface area contributed by atoms with Crippen molar-refractivity contribution >= 4 is 0 Å². The molecule has 2 rings (SSSR count). The molecule has 3 heteroatoms. The standard InChI is InChI=1S/C15H31N3/c1-4-10-16-14-7-5-11-18(12-14)13-15(17(2)3)8-6-9-15/h14,16H,4-13H2,1-3H3. The van der Waals surface area contributed by atoms with E-state index in [-0.39, 0.29) is 0 Å². The zero-order chi connectivity index (χ0) is 13.0. The fourth-order valence-corrected chi connectivity index (χ4v) is 3.46. The molecule has 0 spiro atoms. The molecule has 1 N–H and O–H groups in total. The van der Waals surface area contributed by atoms with E-state index in [1.54, 1.807) is 0 Å². The molecule has 0 amide bonds. The van der Waals surface area contributed by atoms with Crippen molar-refractivity contribution in [1.82, 2.24) is 15.1 Å². The maximum absolute atomic E-state index is 3.70. The van der Waals surface area contributed by atoms with Crippen LogP contribution in [0.25, 0.3) is 0 Å². The average Bonchev–Trinajstić information content (AvgIpc) is 2.31. The predicted octanol–water partition coefficient (Wildman–Crippen LogP) is 1.93. The second kappa shape index (κ2) is 6.36. The van der Waals surface area contributed by atoms with Crippen LogP contribution in [0, 0.1) is 0 Å². The smallest absolute Gasteiger partial charge is 0.0330 e. The summed E-state index contributed by atoms with van der Waals surface area (Å²) in [6, 6.07) is 0.734. The second-order valence-corrected chi connectivity index (χ2v) is 6.50. The van der Waals surface area contributed by atoms with Gasteiger partial charge >= 0.3 is 0 Å². The quantitative estimate of drug-likeness (QED) is 0.780. The lowest BCUT2D eigenvalue weighted by Crippen LogP contribution is -2.59. The molecular formula is C15H31N3. The molecule has 1 aliphatic carbocycles. The van der Waals surface area contributed by atoms with Gasteiger partial charge in [-0.05, 0) is 65.7 Å². The summed E-state index contributed by atoms with van der Waals surface area (Å²) >= 11 is 0. The van der Waals surface area contributed by atoms with Crippen LogP contribution in [0.1, 0.15) is 45.4 Å². The Morgan fingerprint density at radius 1 is 1.28 bits per heavy atom. The normalized spacial score (nSPS) is 28.3. The number of piperidine rings is 1. The molecule has 1 saturated heterocycles. The summed E-state index contributed by atoms with van der Waals surface area (Å²) in [5.74, 6) is 0. The van der Waals surface area contributed by atoms with Gasteiger partial charge in [-0.15, -0.1) is 0 Å². The third-order valence-corrected chi connectivity index (χ3v) is 4.94. The molecule has 0 aromatic carbocycles. The molecule has 1 saturated carbocycles. The van der Waals surface area contributed by atoms with Crippen molar-refractivity contribution in [2.45, 2.75) is 57.0 Å². The Labute approximate surface area is 113 Å². The van der Waals surface area contributed by atoms with Crippen LogP contribution in [0.15, 0.2) is 0 Å². The summed E-state index contributed by atoms with van der Waals surface area (Å²) in [5.41, 5.74) is 0.493. The first-order valence-corrected chi connectivity index (χ1v) is 7.79. The first-order valence-electron chi connectivity index (χ1n) is 7.79. The number of likely N-dealkylation sites (tertiary alicyclic amines) is 1. The van der Waals surface area contributed by atoms with E-state index >= 15 is 0 Å². The number of hydrogen-bond acceptors (Lipinski definition) is 3. The van der Waals surface area contributed by atoms with E-state index in [9.17, 15) is 0 Å².